The van der Waals surface area contributed by atoms with Gasteiger partial charge in [0.2, 0.25) is 15.9 Å². The van der Waals surface area contributed by atoms with Gasteiger partial charge in [0.05, 0.1) is 11.4 Å². The molecule has 0 saturated carbocycles. The third kappa shape index (κ3) is 2.64. The van der Waals surface area contributed by atoms with Gasteiger partial charge in [-0.2, -0.15) is 4.31 Å². The molecular formula is C13H18N2O3S. The number of hydrogen-bond acceptors (Lipinski definition) is 3. The molecule has 1 saturated heterocycles. The van der Waals surface area contributed by atoms with Crippen molar-refractivity contribution in [2.45, 2.75) is 18.7 Å². The Morgan fingerprint density at radius 3 is 2.47 bits per heavy atom. The Morgan fingerprint density at radius 2 is 1.84 bits per heavy atom. The van der Waals surface area contributed by atoms with Crippen LogP contribution in [0.2, 0.25) is 0 Å². The van der Waals surface area contributed by atoms with Gasteiger partial charge in [0.1, 0.15) is 0 Å². The fourth-order valence-corrected chi connectivity index (χ4v) is 3.76. The lowest BCUT2D eigenvalue weighted by molar-refractivity contribution is -0.132. The molecule has 0 unspecified atom stereocenters. The Labute approximate surface area is 113 Å². The summed E-state index contributed by atoms with van der Waals surface area (Å²) in [4.78, 5) is 13.5. The zero-order chi connectivity index (χ0) is 14.2. The molecule has 1 aliphatic rings. The van der Waals surface area contributed by atoms with Crippen LogP contribution in [0.4, 0.5) is 0 Å². The second kappa shape index (κ2) is 4.94. The van der Waals surface area contributed by atoms with Crippen LogP contribution in [-0.2, 0) is 14.8 Å². The molecule has 19 heavy (non-hydrogen) atoms. The van der Waals surface area contributed by atoms with E-state index in [0.717, 1.165) is 5.56 Å². The second-order valence-corrected chi connectivity index (χ2v) is 6.83. The van der Waals surface area contributed by atoms with Crippen LogP contribution < -0.4 is 0 Å². The predicted octanol–water partition coefficient (Wildman–Crippen LogP) is 0.766. The average molecular weight is 282 g/mol. The summed E-state index contributed by atoms with van der Waals surface area (Å²) in [6, 6.07) is 5.33. The number of sulfonamides is 1. The third-order valence-corrected chi connectivity index (χ3v) is 5.37. The first kappa shape index (κ1) is 14.0. The fourth-order valence-electron chi connectivity index (χ4n) is 2.07. The van der Waals surface area contributed by atoms with E-state index in [0.29, 0.717) is 23.5 Å². The van der Waals surface area contributed by atoms with Crippen LogP contribution in [0.5, 0.6) is 0 Å². The van der Waals surface area contributed by atoms with E-state index < -0.39 is 10.0 Å². The maximum atomic E-state index is 12.6. The Bertz CT molecular complexity index is 610. The van der Waals surface area contributed by atoms with Crippen LogP contribution in [0.3, 0.4) is 0 Å². The molecule has 2 rings (SSSR count). The first-order valence-electron chi connectivity index (χ1n) is 6.14. The molecule has 1 heterocycles. The highest BCUT2D eigenvalue weighted by Crippen LogP contribution is 2.22. The van der Waals surface area contributed by atoms with Crippen molar-refractivity contribution in [3.63, 3.8) is 0 Å². The molecule has 0 N–H and O–H groups in total. The molecule has 0 aliphatic carbocycles. The van der Waals surface area contributed by atoms with Crippen LogP contribution in [0.1, 0.15) is 11.1 Å². The van der Waals surface area contributed by atoms with Crippen molar-refractivity contribution in [1.29, 1.82) is 0 Å². The largest absolute Gasteiger partial charge is 0.343 e. The summed E-state index contributed by atoms with van der Waals surface area (Å²) in [7, 11) is -1.90. The van der Waals surface area contributed by atoms with Gasteiger partial charge in [-0.25, -0.2) is 8.42 Å². The van der Waals surface area contributed by atoms with Gasteiger partial charge in [0, 0.05) is 20.1 Å². The van der Waals surface area contributed by atoms with Crippen molar-refractivity contribution in [1.82, 2.24) is 9.21 Å². The van der Waals surface area contributed by atoms with E-state index in [1.165, 1.54) is 4.31 Å². The van der Waals surface area contributed by atoms with Gasteiger partial charge in [0.25, 0.3) is 0 Å². The van der Waals surface area contributed by atoms with Crippen molar-refractivity contribution >= 4 is 15.9 Å². The number of aryl methyl sites for hydroxylation is 2. The number of carbonyl (C=O) groups excluding carboxylic acids is 1. The molecule has 0 aromatic heterocycles. The maximum Gasteiger partial charge on any atom is 0.243 e. The normalized spacial score (nSPS) is 17.8. The molecule has 1 amide bonds. The highest BCUT2D eigenvalue weighted by Gasteiger charge is 2.32. The number of nitrogens with zero attached hydrogens (tertiary/aromatic N) is 2. The highest BCUT2D eigenvalue weighted by molar-refractivity contribution is 7.89. The Balaban J connectivity index is 2.37. The summed E-state index contributed by atoms with van der Waals surface area (Å²) >= 11 is 0. The van der Waals surface area contributed by atoms with Crippen molar-refractivity contribution in [2.75, 3.05) is 26.7 Å². The number of likely N-dealkylation sites (N-methyl/N-ethyl adjacent to an activating group) is 1. The summed E-state index contributed by atoms with van der Waals surface area (Å²) in [6.07, 6.45) is 0. The zero-order valence-electron chi connectivity index (χ0n) is 11.4. The monoisotopic (exact) mass is 282 g/mol. The Morgan fingerprint density at radius 1 is 1.16 bits per heavy atom. The van der Waals surface area contributed by atoms with Crippen molar-refractivity contribution in [2.24, 2.45) is 0 Å². The van der Waals surface area contributed by atoms with Crippen LogP contribution >= 0.6 is 0 Å². The molecule has 0 spiro atoms. The quantitative estimate of drug-likeness (QED) is 0.805. The van der Waals surface area contributed by atoms with Crippen LogP contribution in [0.15, 0.2) is 23.1 Å². The molecule has 1 aromatic rings. The van der Waals surface area contributed by atoms with Gasteiger partial charge in [-0.1, -0.05) is 12.1 Å². The summed E-state index contributed by atoms with van der Waals surface area (Å²) in [5.74, 6) is -0.167. The highest BCUT2D eigenvalue weighted by atomic mass is 32.2. The van der Waals surface area contributed by atoms with E-state index >= 15 is 0 Å². The molecule has 1 aromatic carbocycles. The van der Waals surface area contributed by atoms with Gasteiger partial charge >= 0.3 is 0 Å². The molecule has 0 atom stereocenters. The zero-order valence-corrected chi connectivity index (χ0v) is 12.2. The average Bonchev–Trinajstić information content (AvgIpc) is 2.35. The fraction of sp³-hybridized carbons (Fsp3) is 0.462. The van der Waals surface area contributed by atoms with Gasteiger partial charge in [0.15, 0.2) is 0 Å². The van der Waals surface area contributed by atoms with Crippen molar-refractivity contribution in [3.8, 4) is 0 Å². The van der Waals surface area contributed by atoms with Crippen LogP contribution in [0.25, 0.3) is 0 Å². The molecule has 5 nitrogen and oxygen atoms in total. The van der Waals surface area contributed by atoms with E-state index in [9.17, 15) is 13.2 Å². The van der Waals surface area contributed by atoms with Gasteiger partial charge in [-0.05, 0) is 31.0 Å². The Hall–Kier alpha value is -1.40. The minimum absolute atomic E-state index is 0.0772. The lowest BCUT2D eigenvalue weighted by Gasteiger charge is -2.31. The van der Waals surface area contributed by atoms with Crippen molar-refractivity contribution in [3.05, 3.63) is 29.3 Å². The van der Waals surface area contributed by atoms with Gasteiger partial charge < -0.3 is 4.90 Å². The standard InChI is InChI=1S/C13H18N2O3S/c1-10-4-5-11(2)12(8-10)19(17,18)15-7-6-14(3)13(16)9-15/h4-5,8H,6-7,9H2,1-3H3. The van der Waals surface area contributed by atoms with E-state index in [1.807, 2.05) is 13.0 Å². The topological polar surface area (TPSA) is 57.7 Å². The maximum absolute atomic E-state index is 12.6. The smallest absolute Gasteiger partial charge is 0.243 e. The summed E-state index contributed by atoms with van der Waals surface area (Å²) in [5.41, 5.74) is 1.60. The molecular weight excluding hydrogens is 264 g/mol. The number of carbonyl (C=O) groups is 1. The molecule has 6 heteroatoms. The van der Waals surface area contributed by atoms with Crippen LogP contribution in [-0.4, -0.2) is 50.2 Å². The van der Waals surface area contributed by atoms with E-state index in [1.54, 1.807) is 31.0 Å². The number of rotatable bonds is 2. The SMILES string of the molecule is Cc1ccc(C)c(S(=O)(=O)N2CCN(C)C(=O)C2)c1. The molecule has 0 radical (unpaired) electrons. The van der Waals surface area contributed by atoms with Gasteiger partial charge in [-0.3, -0.25) is 4.79 Å². The summed E-state index contributed by atoms with van der Waals surface area (Å²) < 4.78 is 26.4. The molecule has 1 aliphatic heterocycles. The first-order valence-corrected chi connectivity index (χ1v) is 7.58. The lowest BCUT2D eigenvalue weighted by atomic mass is 10.2. The van der Waals surface area contributed by atoms with Crippen molar-refractivity contribution < 1.29 is 13.2 Å². The minimum atomic E-state index is -3.59. The number of benzene rings is 1. The minimum Gasteiger partial charge on any atom is -0.343 e. The number of amides is 1. The van der Waals surface area contributed by atoms with E-state index in [-0.39, 0.29) is 12.5 Å². The van der Waals surface area contributed by atoms with E-state index in [2.05, 4.69) is 0 Å². The first-order chi connectivity index (χ1) is 8.82. The lowest BCUT2D eigenvalue weighted by Crippen LogP contribution is -2.50. The van der Waals surface area contributed by atoms with E-state index in [4.69, 9.17) is 0 Å². The van der Waals surface area contributed by atoms with Crippen LogP contribution in [0, 0.1) is 13.8 Å². The predicted molar refractivity (Wildman–Crippen MR) is 72.3 cm³/mol. The number of hydrogen-bond donors (Lipinski definition) is 0. The number of piperazine rings is 1. The molecule has 104 valence electrons. The second-order valence-electron chi connectivity index (χ2n) is 4.92. The third-order valence-electron chi connectivity index (χ3n) is 3.38. The summed E-state index contributed by atoms with van der Waals surface area (Å²) in [5, 5.41) is 0. The summed E-state index contributed by atoms with van der Waals surface area (Å²) in [6.45, 7) is 4.32. The molecule has 1 fully saturated rings. The van der Waals surface area contributed by atoms with Gasteiger partial charge in [-0.15, -0.1) is 0 Å². The Kier molecular flexibility index (Phi) is 3.64. The molecule has 0 bridgehead atoms.